The summed E-state index contributed by atoms with van der Waals surface area (Å²) in [4.78, 5) is 10.6. The molecule has 11 heteroatoms. The topological polar surface area (TPSA) is 130 Å². The Morgan fingerprint density at radius 3 is 2.08 bits per heavy atom. The highest BCUT2D eigenvalue weighted by Crippen LogP contribution is 2.21. The Balaban J connectivity index is 3.16. The molecule has 0 saturated heterocycles. The molecule has 0 amide bonds. The predicted octanol–water partition coefficient (Wildman–Crippen LogP) is 1.36. The first kappa shape index (κ1) is 21.3. The fraction of sp³-hybridized carbons (Fsp3) is 0.500. The van der Waals surface area contributed by atoms with Crippen LogP contribution in [0.4, 0.5) is 10.1 Å². The van der Waals surface area contributed by atoms with Gasteiger partial charge in [-0.25, -0.2) is 21.2 Å². The highest BCUT2D eigenvalue weighted by molar-refractivity contribution is 7.93. The summed E-state index contributed by atoms with van der Waals surface area (Å²) in [5.74, 6) is -2.99. The van der Waals surface area contributed by atoms with Crippen LogP contribution < -0.4 is 9.44 Å². The third kappa shape index (κ3) is 5.38. The molecule has 1 rings (SSSR count). The molecular formula is C14H21FN2O6S2. The number of aliphatic carboxylic acids is 1. The molecule has 0 spiro atoms. The zero-order chi connectivity index (χ0) is 19.6. The third-order valence-electron chi connectivity index (χ3n) is 3.34. The van der Waals surface area contributed by atoms with E-state index < -0.39 is 59.6 Å². The molecule has 0 aromatic heterocycles. The minimum absolute atomic E-state index is 0.397. The maximum atomic E-state index is 14.1. The summed E-state index contributed by atoms with van der Waals surface area (Å²) < 4.78 is 66.1. The molecule has 1 aromatic carbocycles. The number of hydrogen-bond acceptors (Lipinski definition) is 5. The lowest BCUT2D eigenvalue weighted by Gasteiger charge is -2.18. The Labute approximate surface area is 146 Å². The van der Waals surface area contributed by atoms with Crippen LogP contribution in [0.1, 0.15) is 27.7 Å². The number of anilines is 1. The van der Waals surface area contributed by atoms with Crippen molar-refractivity contribution < 1.29 is 31.1 Å². The molecule has 1 aromatic rings. The normalized spacial score (nSPS) is 13.9. The SMILES string of the molecule is CC(C)C(NS(=O)(=O)c1ccc(NS(=O)(=O)C(C)C)c(F)c1)C(=O)O. The number of sulfonamides is 2. The molecule has 0 saturated carbocycles. The maximum absolute atomic E-state index is 14.1. The fourth-order valence-electron chi connectivity index (χ4n) is 1.72. The van der Waals surface area contributed by atoms with Crippen molar-refractivity contribution in [2.75, 3.05) is 4.72 Å². The van der Waals surface area contributed by atoms with E-state index in [-0.39, 0.29) is 0 Å². The van der Waals surface area contributed by atoms with E-state index in [1.54, 1.807) is 0 Å². The number of halogens is 1. The van der Waals surface area contributed by atoms with E-state index in [4.69, 9.17) is 5.11 Å². The van der Waals surface area contributed by atoms with Crippen LogP contribution in [-0.4, -0.2) is 39.2 Å². The van der Waals surface area contributed by atoms with Crippen LogP contribution in [-0.2, 0) is 24.8 Å². The van der Waals surface area contributed by atoms with E-state index in [0.29, 0.717) is 6.07 Å². The van der Waals surface area contributed by atoms with Crippen LogP contribution in [0, 0.1) is 11.7 Å². The van der Waals surface area contributed by atoms with Crippen LogP contribution >= 0.6 is 0 Å². The Bertz CT molecular complexity index is 850. The second-order valence-corrected chi connectivity index (χ2v) is 9.97. The number of benzene rings is 1. The van der Waals surface area contributed by atoms with Crippen LogP contribution in [0.25, 0.3) is 0 Å². The molecule has 0 aliphatic carbocycles. The van der Waals surface area contributed by atoms with E-state index in [0.717, 1.165) is 12.1 Å². The van der Waals surface area contributed by atoms with E-state index in [1.165, 1.54) is 27.7 Å². The van der Waals surface area contributed by atoms with Crippen LogP contribution in [0.2, 0.25) is 0 Å². The summed E-state index contributed by atoms with van der Waals surface area (Å²) >= 11 is 0. The minimum atomic E-state index is -4.30. The molecule has 25 heavy (non-hydrogen) atoms. The Morgan fingerprint density at radius 2 is 1.68 bits per heavy atom. The standard InChI is InChI=1S/C14H21FN2O6S2/c1-8(2)13(14(18)19)17-25(22,23)10-5-6-12(11(15)7-10)16-24(20,21)9(3)4/h5-9,13,16-17H,1-4H3,(H,18,19). The van der Waals surface area contributed by atoms with Crippen LogP contribution in [0.5, 0.6) is 0 Å². The van der Waals surface area contributed by atoms with Gasteiger partial charge in [0.25, 0.3) is 0 Å². The van der Waals surface area contributed by atoms with Crippen molar-refractivity contribution >= 4 is 31.7 Å². The van der Waals surface area contributed by atoms with E-state index in [9.17, 15) is 26.0 Å². The summed E-state index contributed by atoms with van der Waals surface area (Å²) in [5, 5.41) is 8.25. The molecule has 3 N–H and O–H groups in total. The van der Waals surface area contributed by atoms with Gasteiger partial charge in [-0.15, -0.1) is 0 Å². The molecular weight excluding hydrogens is 375 g/mol. The van der Waals surface area contributed by atoms with Gasteiger partial charge in [-0.05, 0) is 38.0 Å². The zero-order valence-electron chi connectivity index (χ0n) is 14.1. The van der Waals surface area contributed by atoms with E-state index >= 15 is 0 Å². The molecule has 0 aliphatic rings. The van der Waals surface area contributed by atoms with Gasteiger partial charge in [0.1, 0.15) is 11.9 Å². The van der Waals surface area contributed by atoms with Crippen molar-refractivity contribution in [3.63, 3.8) is 0 Å². The van der Waals surface area contributed by atoms with Crippen LogP contribution in [0.15, 0.2) is 23.1 Å². The highest BCUT2D eigenvalue weighted by Gasteiger charge is 2.28. The molecule has 1 atom stereocenters. The van der Waals surface area contributed by atoms with Crippen molar-refractivity contribution in [2.24, 2.45) is 5.92 Å². The van der Waals surface area contributed by atoms with Gasteiger partial charge >= 0.3 is 5.97 Å². The molecule has 0 bridgehead atoms. The smallest absolute Gasteiger partial charge is 0.322 e. The third-order valence-corrected chi connectivity index (χ3v) is 6.52. The molecule has 0 heterocycles. The van der Waals surface area contributed by atoms with Crippen molar-refractivity contribution in [3.8, 4) is 0 Å². The van der Waals surface area contributed by atoms with Gasteiger partial charge in [-0.3, -0.25) is 9.52 Å². The highest BCUT2D eigenvalue weighted by atomic mass is 32.2. The number of rotatable bonds is 8. The molecule has 142 valence electrons. The summed E-state index contributed by atoms with van der Waals surface area (Å²) in [7, 11) is -8.09. The summed E-state index contributed by atoms with van der Waals surface area (Å²) in [6, 6.07) is 1.20. The quantitative estimate of drug-likeness (QED) is 0.608. The van der Waals surface area contributed by atoms with Gasteiger partial charge in [0.15, 0.2) is 0 Å². The van der Waals surface area contributed by atoms with Gasteiger partial charge in [0.2, 0.25) is 20.0 Å². The number of carbonyl (C=O) groups is 1. The predicted molar refractivity (Wildman–Crippen MR) is 90.7 cm³/mol. The van der Waals surface area contributed by atoms with Gasteiger partial charge in [0, 0.05) is 0 Å². The minimum Gasteiger partial charge on any atom is -0.480 e. The first-order valence-corrected chi connectivity index (χ1v) is 10.4. The molecule has 1 unspecified atom stereocenters. The lowest BCUT2D eigenvalue weighted by Crippen LogP contribution is -2.44. The number of carboxylic acids is 1. The van der Waals surface area contributed by atoms with Crippen molar-refractivity contribution in [1.29, 1.82) is 0 Å². The maximum Gasteiger partial charge on any atom is 0.322 e. The fourth-order valence-corrected chi connectivity index (χ4v) is 3.78. The van der Waals surface area contributed by atoms with E-state index in [2.05, 4.69) is 0 Å². The summed E-state index contributed by atoms with van der Waals surface area (Å²) in [6.45, 7) is 5.85. The molecule has 0 fully saturated rings. The van der Waals surface area contributed by atoms with Gasteiger partial charge in [-0.1, -0.05) is 13.8 Å². The van der Waals surface area contributed by atoms with Crippen molar-refractivity contribution in [1.82, 2.24) is 4.72 Å². The van der Waals surface area contributed by atoms with Gasteiger partial charge < -0.3 is 5.11 Å². The first-order chi connectivity index (χ1) is 11.3. The average molecular weight is 396 g/mol. The Kier molecular flexibility index (Phi) is 6.54. The zero-order valence-corrected chi connectivity index (χ0v) is 15.8. The number of hydrogen-bond donors (Lipinski definition) is 3. The van der Waals surface area contributed by atoms with Gasteiger partial charge in [-0.2, -0.15) is 4.72 Å². The lowest BCUT2D eigenvalue weighted by molar-refractivity contribution is -0.140. The Hall–Kier alpha value is -1.72. The van der Waals surface area contributed by atoms with Gasteiger partial charge in [0.05, 0.1) is 15.8 Å². The Morgan fingerprint density at radius 1 is 1.12 bits per heavy atom. The van der Waals surface area contributed by atoms with E-state index in [1.807, 2.05) is 9.44 Å². The number of carboxylic acid groups (broad SMARTS) is 1. The van der Waals surface area contributed by atoms with Crippen molar-refractivity contribution in [3.05, 3.63) is 24.0 Å². The molecule has 0 radical (unpaired) electrons. The number of nitrogens with one attached hydrogen (secondary N) is 2. The van der Waals surface area contributed by atoms with Crippen molar-refractivity contribution in [2.45, 2.75) is 43.9 Å². The lowest BCUT2D eigenvalue weighted by atomic mass is 10.1. The van der Waals surface area contributed by atoms with Crippen LogP contribution in [0.3, 0.4) is 0 Å². The summed E-state index contributed by atoms with van der Waals surface area (Å²) in [6.07, 6.45) is 0. The molecule has 8 nitrogen and oxygen atoms in total. The first-order valence-electron chi connectivity index (χ1n) is 7.34. The second kappa shape index (κ2) is 7.67. The monoisotopic (exact) mass is 396 g/mol. The summed E-state index contributed by atoms with van der Waals surface area (Å²) in [5.41, 5.74) is -0.397. The average Bonchev–Trinajstić information content (AvgIpc) is 2.45. The molecule has 0 aliphatic heterocycles. The largest absolute Gasteiger partial charge is 0.480 e. The second-order valence-electron chi connectivity index (χ2n) is 6.02.